The lowest BCUT2D eigenvalue weighted by atomic mass is 9.85. The summed E-state index contributed by atoms with van der Waals surface area (Å²) in [6.45, 7) is 1.50. The molecule has 8 heteroatoms. The molecule has 5 nitrogen and oxygen atoms in total. The van der Waals surface area contributed by atoms with Crippen molar-refractivity contribution in [2.75, 3.05) is 0 Å². The van der Waals surface area contributed by atoms with Crippen LogP contribution in [0.25, 0.3) is 0 Å². The van der Waals surface area contributed by atoms with Crippen LogP contribution in [0.4, 0.5) is 18.0 Å². The minimum absolute atomic E-state index is 0.134. The van der Waals surface area contributed by atoms with Gasteiger partial charge in [0, 0.05) is 6.04 Å². The molecular formula is C12H17F3N2O3. The van der Waals surface area contributed by atoms with Crippen LogP contribution in [-0.2, 0) is 4.79 Å². The Bertz CT molecular complexity index is 434. The van der Waals surface area contributed by atoms with Crippen LogP contribution in [0, 0.1) is 5.41 Å². The van der Waals surface area contributed by atoms with E-state index >= 15 is 0 Å². The van der Waals surface area contributed by atoms with Crippen molar-refractivity contribution in [1.29, 1.82) is 0 Å². The average molecular weight is 294 g/mol. The van der Waals surface area contributed by atoms with E-state index in [4.69, 9.17) is 0 Å². The van der Waals surface area contributed by atoms with E-state index in [1.165, 1.54) is 6.92 Å². The highest BCUT2D eigenvalue weighted by Crippen LogP contribution is 2.49. The second kappa shape index (κ2) is 4.53. The molecule has 2 aliphatic rings. The van der Waals surface area contributed by atoms with Crippen molar-refractivity contribution in [3.05, 3.63) is 0 Å². The fourth-order valence-corrected chi connectivity index (χ4v) is 2.67. The van der Waals surface area contributed by atoms with E-state index in [-0.39, 0.29) is 12.8 Å². The fourth-order valence-electron chi connectivity index (χ4n) is 2.67. The van der Waals surface area contributed by atoms with Crippen LogP contribution in [0.2, 0.25) is 0 Å². The van der Waals surface area contributed by atoms with E-state index < -0.39 is 35.2 Å². The molecule has 0 bridgehead atoms. The number of amides is 2. The van der Waals surface area contributed by atoms with Crippen molar-refractivity contribution >= 4 is 12.0 Å². The molecule has 0 spiro atoms. The molecular weight excluding hydrogens is 277 g/mol. The summed E-state index contributed by atoms with van der Waals surface area (Å²) in [5.74, 6) is -1.04. The number of halogens is 3. The maximum Gasteiger partial charge on any atom is 0.411 e. The molecule has 0 aromatic heterocycles. The Balaban J connectivity index is 1.97. The van der Waals surface area contributed by atoms with Gasteiger partial charge >= 0.3 is 18.2 Å². The summed E-state index contributed by atoms with van der Waals surface area (Å²) >= 11 is 0. The third-order valence-electron chi connectivity index (χ3n) is 4.40. The number of aliphatic carboxylic acids is 1. The summed E-state index contributed by atoms with van der Waals surface area (Å²) in [6.07, 6.45) is -3.27. The van der Waals surface area contributed by atoms with Gasteiger partial charge in [-0.05, 0) is 32.6 Å². The van der Waals surface area contributed by atoms with Crippen molar-refractivity contribution in [2.24, 2.45) is 5.41 Å². The second-order valence-electron chi connectivity index (χ2n) is 5.85. The summed E-state index contributed by atoms with van der Waals surface area (Å²) in [5, 5.41) is 13.5. The van der Waals surface area contributed by atoms with Crippen LogP contribution in [0.1, 0.15) is 39.0 Å². The van der Waals surface area contributed by atoms with Gasteiger partial charge in [-0.2, -0.15) is 13.2 Å². The molecule has 0 radical (unpaired) electrons. The van der Waals surface area contributed by atoms with E-state index in [1.54, 1.807) is 0 Å². The first-order valence-electron chi connectivity index (χ1n) is 6.50. The molecule has 114 valence electrons. The zero-order chi connectivity index (χ0) is 15.2. The van der Waals surface area contributed by atoms with Crippen LogP contribution in [-0.4, -0.2) is 34.9 Å². The van der Waals surface area contributed by atoms with Crippen molar-refractivity contribution in [3.63, 3.8) is 0 Å². The number of carboxylic acid groups (broad SMARTS) is 1. The number of hydrogen-bond acceptors (Lipinski definition) is 2. The Morgan fingerprint density at radius 3 is 2.30 bits per heavy atom. The minimum atomic E-state index is -4.48. The Labute approximate surface area is 113 Å². The zero-order valence-corrected chi connectivity index (χ0v) is 11.0. The van der Waals surface area contributed by atoms with E-state index in [9.17, 15) is 27.9 Å². The van der Waals surface area contributed by atoms with Crippen LogP contribution >= 0.6 is 0 Å². The number of urea groups is 1. The second-order valence-corrected chi connectivity index (χ2v) is 5.85. The van der Waals surface area contributed by atoms with Gasteiger partial charge in [0.2, 0.25) is 0 Å². The van der Waals surface area contributed by atoms with E-state index in [0.29, 0.717) is 19.3 Å². The first kappa shape index (κ1) is 14.9. The molecule has 0 aromatic carbocycles. The number of nitrogens with one attached hydrogen (secondary N) is 2. The lowest BCUT2D eigenvalue weighted by Gasteiger charge is -2.29. The molecule has 0 heterocycles. The molecule has 2 fully saturated rings. The first-order valence-corrected chi connectivity index (χ1v) is 6.50. The highest BCUT2D eigenvalue weighted by Gasteiger charge is 2.64. The lowest BCUT2D eigenvalue weighted by Crippen LogP contribution is -2.56. The van der Waals surface area contributed by atoms with Crippen LogP contribution < -0.4 is 10.6 Å². The fraction of sp³-hybridized carbons (Fsp3) is 0.833. The van der Waals surface area contributed by atoms with E-state index in [1.807, 2.05) is 5.32 Å². The summed E-state index contributed by atoms with van der Waals surface area (Å²) in [6, 6.07) is -1.59. The van der Waals surface area contributed by atoms with Gasteiger partial charge in [-0.1, -0.05) is 6.42 Å². The molecule has 0 aromatic rings. The Hall–Kier alpha value is -1.47. The quantitative estimate of drug-likeness (QED) is 0.745. The van der Waals surface area contributed by atoms with Crippen molar-refractivity contribution in [2.45, 2.75) is 56.8 Å². The van der Waals surface area contributed by atoms with Crippen molar-refractivity contribution in [1.82, 2.24) is 10.6 Å². The Morgan fingerprint density at radius 2 is 1.85 bits per heavy atom. The lowest BCUT2D eigenvalue weighted by molar-refractivity contribution is -0.163. The number of carbonyl (C=O) groups excluding carboxylic acids is 1. The van der Waals surface area contributed by atoms with Gasteiger partial charge in [0.05, 0.1) is 5.41 Å². The standard InChI is InChI=1S/C12H17F3N2O3/c1-10(8(18)19)4-2-3-7(10)16-9(20)17-11(5-6-11)12(13,14)15/h7H,2-6H2,1H3,(H,18,19)(H2,16,17,20). The van der Waals surface area contributed by atoms with E-state index in [2.05, 4.69) is 5.32 Å². The molecule has 2 unspecified atom stereocenters. The zero-order valence-electron chi connectivity index (χ0n) is 11.0. The van der Waals surface area contributed by atoms with Gasteiger partial charge in [0.15, 0.2) is 0 Å². The highest BCUT2D eigenvalue weighted by atomic mass is 19.4. The number of alkyl halides is 3. The summed E-state index contributed by atoms with van der Waals surface area (Å²) < 4.78 is 38.1. The molecule has 3 N–H and O–H groups in total. The van der Waals surface area contributed by atoms with Gasteiger partial charge in [0.1, 0.15) is 5.54 Å². The van der Waals surface area contributed by atoms with Crippen LogP contribution in [0.3, 0.4) is 0 Å². The molecule has 0 aliphatic heterocycles. The van der Waals surface area contributed by atoms with Crippen LogP contribution in [0.5, 0.6) is 0 Å². The number of rotatable bonds is 3. The van der Waals surface area contributed by atoms with E-state index in [0.717, 1.165) is 0 Å². The Kier molecular flexibility index (Phi) is 3.38. The van der Waals surface area contributed by atoms with Gasteiger partial charge in [-0.3, -0.25) is 4.79 Å². The van der Waals surface area contributed by atoms with Gasteiger partial charge in [-0.25, -0.2) is 4.79 Å². The molecule has 2 atom stereocenters. The van der Waals surface area contributed by atoms with Gasteiger partial charge in [-0.15, -0.1) is 0 Å². The predicted octanol–water partition coefficient (Wildman–Crippen LogP) is 2.02. The topological polar surface area (TPSA) is 78.4 Å². The third kappa shape index (κ3) is 2.43. The first-order chi connectivity index (χ1) is 9.11. The van der Waals surface area contributed by atoms with Gasteiger partial charge < -0.3 is 15.7 Å². The van der Waals surface area contributed by atoms with Crippen molar-refractivity contribution < 1.29 is 27.9 Å². The predicted molar refractivity (Wildman–Crippen MR) is 63.1 cm³/mol. The number of carbonyl (C=O) groups is 2. The molecule has 20 heavy (non-hydrogen) atoms. The SMILES string of the molecule is CC1(C(=O)O)CCCC1NC(=O)NC1(C(F)(F)F)CC1. The van der Waals surface area contributed by atoms with Crippen LogP contribution in [0.15, 0.2) is 0 Å². The highest BCUT2D eigenvalue weighted by molar-refractivity contribution is 5.80. The minimum Gasteiger partial charge on any atom is -0.481 e. The summed E-state index contributed by atoms with van der Waals surface area (Å²) in [7, 11) is 0. The molecule has 2 aliphatic carbocycles. The largest absolute Gasteiger partial charge is 0.481 e. The Morgan fingerprint density at radius 1 is 1.25 bits per heavy atom. The average Bonchev–Trinajstić information content (AvgIpc) is 2.99. The maximum atomic E-state index is 12.7. The molecule has 0 saturated heterocycles. The molecule has 2 rings (SSSR count). The summed E-state index contributed by atoms with van der Waals surface area (Å²) in [5.41, 5.74) is -3.25. The molecule has 2 amide bonds. The molecule has 2 saturated carbocycles. The number of carboxylic acids is 1. The normalized spacial score (nSPS) is 31.7. The third-order valence-corrected chi connectivity index (χ3v) is 4.40. The monoisotopic (exact) mass is 294 g/mol. The smallest absolute Gasteiger partial charge is 0.411 e. The van der Waals surface area contributed by atoms with Crippen molar-refractivity contribution in [3.8, 4) is 0 Å². The number of hydrogen-bond donors (Lipinski definition) is 3. The maximum absolute atomic E-state index is 12.7. The van der Waals surface area contributed by atoms with Gasteiger partial charge in [0.25, 0.3) is 0 Å². The summed E-state index contributed by atoms with van der Waals surface area (Å²) in [4.78, 5) is 22.9.